The molecule has 2 nitrogen and oxygen atoms in total. The number of ether oxygens (including phenoxy) is 1. The van der Waals surface area contributed by atoms with E-state index in [1.807, 2.05) is 5.38 Å². The number of hydrogen-bond donors (Lipinski definition) is 0. The van der Waals surface area contributed by atoms with Crippen molar-refractivity contribution in [1.82, 2.24) is 0 Å². The number of benzene rings is 1. The van der Waals surface area contributed by atoms with Crippen molar-refractivity contribution in [2.75, 3.05) is 0 Å². The lowest BCUT2D eigenvalue weighted by molar-refractivity contribution is -0.129. The molecule has 0 fully saturated rings. The lowest BCUT2D eigenvalue weighted by atomic mass is 10.2. The van der Waals surface area contributed by atoms with Crippen molar-refractivity contribution >= 4 is 63.4 Å². The van der Waals surface area contributed by atoms with E-state index in [1.54, 1.807) is 6.07 Å². The van der Waals surface area contributed by atoms with Crippen molar-refractivity contribution in [3.63, 3.8) is 0 Å². The van der Waals surface area contributed by atoms with Crippen LogP contribution in [0.3, 0.4) is 0 Å². The molecule has 6 heteroatoms. The van der Waals surface area contributed by atoms with Crippen LogP contribution in [0.15, 0.2) is 11.4 Å². The highest BCUT2D eigenvalue weighted by Crippen LogP contribution is 2.40. The summed E-state index contributed by atoms with van der Waals surface area (Å²) in [4.78, 5) is 11.0. The molecular weight excluding hydrogens is 291 g/mol. The monoisotopic (exact) mass is 294 g/mol. The molecule has 1 aromatic carbocycles. The molecule has 0 spiro atoms. The van der Waals surface area contributed by atoms with E-state index in [-0.39, 0.29) is 6.61 Å². The van der Waals surface area contributed by atoms with Gasteiger partial charge in [0.25, 0.3) is 6.47 Å². The molecule has 0 saturated heterocycles. The topological polar surface area (TPSA) is 26.3 Å². The minimum Gasteiger partial charge on any atom is -0.462 e. The summed E-state index contributed by atoms with van der Waals surface area (Å²) in [5.41, 5.74) is 0. The van der Waals surface area contributed by atoms with Crippen LogP contribution in [0.4, 0.5) is 0 Å². The summed E-state index contributed by atoms with van der Waals surface area (Å²) in [5.74, 6) is 0. The van der Waals surface area contributed by atoms with Gasteiger partial charge in [0.2, 0.25) is 0 Å². The Morgan fingerprint density at radius 1 is 1.25 bits per heavy atom. The van der Waals surface area contributed by atoms with E-state index in [1.165, 1.54) is 11.3 Å². The zero-order chi connectivity index (χ0) is 11.7. The molecule has 1 aromatic heterocycles. The first-order valence-corrected chi connectivity index (χ1v) is 6.25. The number of halogens is 3. The highest BCUT2D eigenvalue weighted by Gasteiger charge is 2.13. The second-order valence-electron chi connectivity index (χ2n) is 3.01. The van der Waals surface area contributed by atoms with E-state index in [0.29, 0.717) is 21.5 Å². The molecule has 16 heavy (non-hydrogen) atoms. The Morgan fingerprint density at radius 2 is 2.00 bits per heavy atom. The number of rotatable bonds is 3. The molecule has 0 radical (unpaired) electrons. The fourth-order valence-corrected chi connectivity index (χ4v) is 3.04. The molecule has 0 atom stereocenters. The van der Waals surface area contributed by atoms with Crippen molar-refractivity contribution in [2.24, 2.45) is 0 Å². The standard InChI is InChI=1S/C10H5Cl3O2S/c11-7-1-5-6(9(12)10(7)13)3-16-8(5)2-15-4-14/h1,3-4H,2H2. The zero-order valence-corrected chi connectivity index (χ0v) is 10.9. The molecule has 0 aliphatic carbocycles. The Hall–Kier alpha value is -0.480. The summed E-state index contributed by atoms with van der Waals surface area (Å²) < 4.78 is 4.71. The Labute approximate surface area is 111 Å². The van der Waals surface area contributed by atoms with Gasteiger partial charge in [-0.05, 0) is 6.07 Å². The molecule has 0 aliphatic rings. The largest absolute Gasteiger partial charge is 0.462 e. The Balaban J connectivity index is 2.59. The van der Waals surface area contributed by atoms with E-state index < -0.39 is 0 Å². The lowest BCUT2D eigenvalue weighted by Gasteiger charge is -2.02. The zero-order valence-electron chi connectivity index (χ0n) is 7.80. The number of carbonyl (C=O) groups is 1. The lowest BCUT2D eigenvalue weighted by Crippen LogP contribution is -1.87. The van der Waals surface area contributed by atoms with Crippen LogP contribution in [0.5, 0.6) is 0 Å². The minimum absolute atomic E-state index is 0.214. The van der Waals surface area contributed by atoms with Gasteiger partial charge in [-0.3, -0.25) is 4.79 Å². The van der Waals surface area contributed by atoms with Gasteiger partial charge < -0.3 is 4.74 Å². The minimum atomic E-state index is 0.214. The molecule has 0 N–H and O–H groups in total. The normalized spacial score (nSPS) is 10.7. The third kappa shape index (κ3) is 2.00. The molecule has 0 bridgehead atoms. The van der Waals surface area contributed by atoms with E-state index in [4.69, 9.17) is 39.5 Å². The third-order valence-corrected chi connectivity index (χ3v) is 4.35. The highest BCUT2D eigenvalue weighted by atomic mass is 35.5. The number of hydrogen-bond acceptors (Lipinski definition) is 3. The van der Waals surface area contributed by atoms with Crippen LogP contribution in [0.1, 0.15) is 4.88 Å². The molecule has 0 amide bonds. The molecule has 2 aromatic rings. The number of carbonyl (C=O) groups excluding carboxylic acids is 1. The average Bonchev–Trinajstić information content (AvgIpc) is 2.66. The maximum Gasteiger partial charge on any atom is 0.293 e. The predicted octanol–water partition coefficient (Wildman–Crippen LogP) is 4.53. The molecule has 0 unspecified atom stereocenters. The SMILES string of the molecule is O=COCc1scc2c(Cl)c(Cl)c(Cl)cc12. The molecule has 0 saturated carbocycles. The summed E-state index contributed by atoms with van der Waals surface area (Å²) in [5, 5.41) is 4.72. The van der Waals surface area contributed by atoms with E-state index in [9.17, 15) is 4.79 Å². The summed E-state index contributed by atoms with van der Waals surface area (Å²) in [7, 11) is 0. The van der Waals surface area contributed by atoms with Crippen LogP contribution >= 0.6 is 46.1 Å². The molecule has 0 aliphatic heterocycles. The first-order valence-electron chi connectivity index (χ1n) is 4.24. The number of fused-ring (bicyclic) bond motifs is 1. The first-order chi connectivity index (χ1) is 7.65. The fraction of sp³-hybridized carbons (Fsp3) is 0.100. The summed E-state index contributed by atoms with van der Waals surface area (Å²) in [6, 6.07) is 1.73. The fourth-order valence-electron chi connectivity index (χ4n) is 1.37. The smallest absolute Gasteiger partial charge is 0.293 e. The molecule has 1 heterocycles. The first kappa shape index (κ1) is 12.0. The van der Waals surface area contributed by atoms with Crippen LogP contribution in [-0.2, 0) is 16.1 Å². The van der Waals surface area contributed by atoms with Crippen molar-refractivity contribution < 1.29 is 9.53 Å². The Morgan fingerprint density at radius 3 is 2.69 bits per heavy atom. The van der Waals surface area contributed by atoms with Gasteiger partial charge in [0.15, 0.2) is 0 Å². The van der Waals surface area contributed by atoms with Gasteiger partial charge in [-0.1, -0.05) is 34.8 Å². The van der Waals surface area contributed by atoms with Crippen LogP contribution < -0.4 is 0 Å². The maximum atomic E-state index is 10.1. The van der Waals surface area contributed by atoms with E-state index in [0.717, 1.165) is 15.6 Å². The number of thiophene rings is 1. The van der Waals surface area contributed by atoms with E-state index >= 15 is 0 Å². The van der Waals surface area contributed by atoms with Gasteiger partial charge in [0.05, 0.1) is 15.1 Å². The van der Waals surface area contributed by atoms with Crippen molar-refractivity contribution in [2.45, 2.75) is 6.61 Å². The van der Waals surface area contributed by atoms with Gasteiger partial charge in [-0.15, -0.1) is 11.3 Å². The van der Waals surface area contributed by atoms with Crippen molar-refractivity contribution in [3.8, 4) is 0 Å². The quantitative estimate of drug-likeness (QED) is 0.614. The van der Waals surface area contributed by atoms with Gasteiger partial charge in [0.1, 0.15) is 6.61 Å². The second kappa shape index (κ2) is 4.80. The van der Waals surface area contributed by atoms with Gasteiger partial charge in [0, 0.05) is 21.0 Å². The third-order valence-electron chi connectivity index (χ3n) is 2.10. The van der Waals surface area contributed by atoms with Gasteiger partial charge in [-0.25, -0.2) is 0 Å². The van der Waals surface area contributed by atoms with Crippen LogP contribution in [0.2, 0.25) is 15.1 Å². The highest BCUT2D eigenvalue weighted by molar-refractivity contribution is 7.11. The van der Waals surface area contributed by atoms with Crippen LogP contribution in [0, 0.1) is 0 Å². The maximum absolute atomic E-state index is 10.1. The summed E-state index contributed by atoms with van der Waals surface area (Å²) in [6.07, 6.45) is 0. The van der Waals surface area contributed by atoms with Crippen LogP contribution in [-0.4, -0.2) is 6.47 Å². The Bertz CT molecular complexity index is 550. The summed E-state index contributed by atoms with van der Waals surface area (Å²) in [6.45, 7) is 0.622. The van der Waals surface area contributed by atoms with Gasteiger partial charge >= 0.3 is 0 Å². The predicted molar refractivity (Wildman–Crippen MR) is 67.7 cm³/mol. The van der Waals surface area contributed by atoms with Crippen molar-refractivity contribution in [1.29, 1.82) is 0 Å². The average molecular weight is 296 g/mol. The molecule has 2 rings (SSSR count). The van der Waals surface area contributed by atoms with Crippen LogP contribution in [0.25, 0.3) is 10.8 Å². The molecule has 84 valence electrons. The van der Waals surface area contributed by atoms with Gasteiger partial charge in [-0.2, -0.15) is 0 Å². The second-order valence-corrected chi connectivity index (χ2v) is 5.14. The Kier molecular flexibility index (Phi) is 3.60. The summed E-state index contributed by atoms with van der Waals surface area (Å²) >= 11 is 19.4. The van der Waals surface area contributed by atoms with Crippen molar-refractivity contribution in [3.05, 3.63) is 31.4 Å². The van der Waals surface area contributed by atoms with E-state index in [2.05, 4.69) is 0 Å². The molecular formula is C10H5Cl3O2S.